The van der Waals surface area contributed by atoms with Crippen LogP contribution in [0.4, 0.5) is 10.1 Å². The van der Waals surface area contributed by atoms with Crippen molar-refractivity contribution in [1.82, 2.24) is 4.90 Å². The van der Waals surface area contributed by atoms with E-state index in [1.807, 2.05) is 0 Å². The van der Waals surface area contributed by atoms with Gasteiger partial charge < -0.3 is 19.3 Å². The van der Waals surface area contributed by atoms with Crippen molar-refractivity contribution in [2.45, 2.75) is 13.0 Å². The van der Waals surface area contributed by atoms with E-state index < -0.39 is 11.9 Å². The Balaban J connectivity index is 1.81. The van der Waals surface area contributed by atoms with Crippen LogP contribution in [-0.2, 0) is 4.79 Å². The van der Waals surface area contributed by atoms with Gasteiger partial charge in [-0.2, -0.15) is 0 Å². The number of hydrogen-bond acceptors (Lipinski definition) is 4. The number of hydrogen-bond donors (Lipinski definition) is 0. The quantitative estimate of drug-likeness (QED) is 0.828. The highest BCUT2D eigenvalue weighted by Gasteiger charge is 2.35. The molecule has 0 spiro atoms. The van der Waals surface area contributed by atoms with Crippen molar-refractivity contribution >= 4 is 17.5 Å². The van der Waals surface area contributed by atoms with Gasteiger partial charge in [-0.1, -0.05) is 6.07 Å². The van der Waals surface area contributed by atoms with Gasteiger partial charge in [0.25, 0.3) is 5.91 Å². The number of carbonyl (C=O) groups excluding carboxylic acids is 2. The summed E-state index contributed by atoms with van der Waals surface area (Å²) < 4.78 is 23.9. The van der Waals surface area contributed by atoms with Crippen molar-refractivity contribution in [3.05, 3.63) is 53.8 Å². The van der Waals surface area contributed by atoms with Crippen LogP contribution < -0.4 is 14.4 Å². The van der Waals surface area contributed by atoms with E-state index in [1.165, 1.54) is 30.2 Å². The molecule has 3 rings (SSSR count). The Morgan fingerprint density at radius 1 is 1.07 bits per heavy atom. The summed E-state index contributed by atoms with van der Waals surface area (Å²) in [6, 6.07) is 10.1. The Bertz CT molecular complexity index is 871. The molecule has 0 radical (unpaired) electrons. The summed E-state index contributed by atoms with van der Waals surface area (Å²) in [7, 11) is 3.07. The molecular weight excluding hydrogens is 351 g/mol. The third-order valence-electron chi connectivity index (χ3n) is 4.67. The first-order valence-corrected chi connectivity index (χ1v) is 8.56. The molecule has 2 amide bonds. The van der Waals surface area contributed by atoms with Crippen LogP contribution in [-0.4, -0.2) is 50.1 Å². The predicted molar refractivity (Wildman–Crippen MR) is 98.8 cm³/mol. The number of nitrogens with zero attached hydrogens (tertiary/aromatic N) is 2. The van der Waals surface area contributed by atoms with Gasteiger partial charge in [-0.3, -0.25) is 9.59 Å². The molecule has 0 unspecified atom stereocenters. The lowest BCUT2D eigenvalue weighted by atomic mass is 10.1. The van der Waals surface area contributed by atoms with E-state index in [0.717, 1.165) is 0 Å². The summed E-state index contributed by atoms with van der Waals surface area (Å²) >= 11 is 0. The van der Waals surface area contributed by atoms with Gasteiger partial charge in [-0.15, -0.1) is 0 Å². The number of anilines is 1. The van der Waals surface area contributed by atoms with Crippen LogP contribution in [0.1, 0.15) is 17.3 Å². The first kappa shape index (κ1) is 18.7. The molecule has 1 saturated heterocycles. The molecule has 1 fully saturated rings. The maximum absolute atomic E-state index is 13.4. The zero-order valence-corrected chi connectivity index (χ0v) is 15.4. The third-order valence-corrected chi connectivity index (χ3v) is 4.67. The molecule has 1 heterocycles. The average molecular weight is 372 g/mol. The van der Waals surface area contributed by atoms with Gasteiger partial charge in [0, 0.05) is 30.4 Å². The lowest BCUT2D eigenvalue weighted by molar-refractivity contribution is -0.124. The molecule has 27 heavy (non-hydrogen) atoms. The van der Waals surface area contributed by atoms with Gasteiger partial charge in [0.1, 0.15) is 11.9 Å². The van der Waals surface area contributed by atoms with Gasteiger partial charge in [-0.05, 0) is 37.3 Å². The van der Waals surface area contributed by atoms with Crippen LogP contribution in [0, 0.1) is 5.82 Å². The Morgan fingerprint density at radius 2 is 1.81 bits per heavy atom. The van der Waals surface area contributed by atoms with Crippen molar-refractivity contribution in [3.8, 4) is 11.5 Å². The first-order valence-electron chi connectivity index (χ1n) is 8.56. The summed E-state index contributed by atoms with van der Waals surface area (Å²) in [4.78, 5) is 28.6. The minimum absolute atomic E-state index is 0.210. The lowest BCUT2D eigenvalue weighted by Gasteiger charge is -2.39. The number of benzene rings is 2. The minimum atomic E-state index is -0.664. The Morgan fingerprint density at radius 3 is 2.48 bits per heavy atom. The Kier molecular flexibility index (Phi) is 5.30. The summed E-state index contributed by atoms with van der Waals surface area (Å²) in [5, 5.41) is 0. The van der Waals surface area contributed by atoms with Crippen molar-refractivity contribution in [1.29, 1.82) is 0 Å². The fraction of sp³-hybridized carbons (Fsp3) is 0.300. The number of carbonyl (C=O) groups is 2. The summed E-state index contributed by atoms with van der Waals surface area (Å²) in [6.45, 7) is 2.35. The zero-order chi connectivity index (χ0) is 19.6. The molecule has 6 nitrogen and oxygen atoms in total. The Labute approximate surface area is 157 Å². The summed E-state index contributed by atoms with van der Waals surface area (Å²) in [5.74, 6) is 0.0414. The third kappa shape index (κ3) is 3.58. The topological polar surface area (TPSA) is 59.1 Å². The molecule has 0 aromatic heterocycles. The van der Waals surface area contributed by atoms with E-state index in [9.17, 15) is 14.0 Å². The number of amides is 2. The largest absolute Gasteiger partial charge is 0.493 e. The monoisotopic (exact) mass is 372 g/mol. The number of ether oxygens (including phenoxy) is 2. The van der Waals surface area contributed by atoms with Crippen molar-refractivity contribution in [3.63, 3.8) is 0 Å². The van der Waals surface area contributed by atoms with Gasteiger partial charge in [-0.25, -0.2) is 4.39 Å². The van der Waals surface area contributed by atoms with Gasteiger partial charge >= 0.3 is 0 Å². The second-order valence-electron chi connectivity index (χ2n) is 6.21. The molecule has 2 aromatic carbocycles. The first-order chi connectivity index (χ1) is 13.0. The van der Waals surface area contributed by atoms with Crippen LogP contribution in [0.3, 0.4) is 0 Å². The van der Waals surface area contributed by atoms with Crippen LogP contribution in [0.15, 0.2) is 42.5 Å². The Hall–Kier alpha value is -3.09. The second kappa shape index (κ2) is 7.65. The number of halogens is 1. The highest BCUT2D eigenvalue weighted by molar-refractivity contribution is 6.03. The van der Waals surface area contributed by atoms with E-state index >= 15 is 0 Å². The molecular formula is C20H21FN2O4. The van der Waals surface area contributed by atoms with Crippen LogP contribution >= 0.6 is 0 Å². The van der Waals surface area contributed by atoms with E-state index in [0.29, 0.717) is 30.3 Å². The van der Waals surface area contributed by atoms with Gasteiger partial charge in [0.05, 0.1) is 14.2 Å². The fourth-order valence-electron chi connectivity index (χ4n) is 3.18. The standard InChI is InChI=1S/C20H21FN2O4/c1-13-19(24)23(16-7-8-17(26-2)18(12-16)27-3)10-9-22(13)20(25)14-5-4-6-15(21)11-14/h4-8,11-13H,9-10H2,1-3H3/t13-/m1/s1. The molecule has 0 saturated carbocycles. The number of methoxy groups -OCH3 is 2. The van der Waals surface area contributed by atoms with Crippen LogP contribution in [0.5, 0.6) is 11.5 Å². The maximum Gasteiger partial charge on any atom is 0.254 e. The van der Waals surface area contributed by atoms with Gasteiger partial charge in [0.2, 0.25) is 5.91 Å². The molecule has 0 bridgehead atoms. The highest BCUT2D eigenvalue weighted by Crippen LogP contribution is 2.32. The molecule has 1 atom stereocenters. The zero-order valence-electron chi connectivity index (χ0n) is 15.4. The fourth-order valence-corrected chi connectivity index (χ4v) is 3.18. The second-order valence-corrected chi connectivity index (χ2v) is 6.21. The molecule has 1 aliphatic heterocycles. The minimum Gasteiger partial charge on any atom is -0.493 e. The van der Waals surface area contributed by atoms with Crippen LogP contribution in [0.2, 0.25) is 0 Å². The molecule has 0 N–H and O–H groups in total. The predicted octanol–water partition coefficient (Wildman–Crippen LogP) is 2.72. The van der Waals surface area contributed by atoms with E-state index in [2.05, 4.69) is 0 Å². The molecule has 2 aromatic rings. The lowest BCUT2D eigenvalue weighted by Crippen LogP contribution is -2.57. The van der Waals surface area contributed by atoms with E-state index in [4.69, 9.17) is 9.47 Å². The van der Waals surface area contributed by atoms with Crippen molar-refractivity contribution in [2.75, 3.05) is 32.2 Å². The summed E-state index contributed by atoms with van der Waals surface area (Å²) in [6.07, 6.45) is 0. The number of piperazine rings is 1. The van der Waals surface area contributed by atoms with Crippen molar-refractivity contribution < 1.29 is 23.5 Å². The van der Waals surface area contributed by atoms with E-state index in [-0.39, 0.29) is 17.4 Å². The van der Waals surface area contributed by atoms with Crippen molar-refractivity contribution in [2.24, 2.45) is 0 Å². The van der Waals surface area contributed by atoms with E-state index in [1.54, 1.807) is 43.2 Å². The molecule has 142 valence electrons. The van der Waals surface area contributed by atoms with Gasteiger partial charge in [0.15, 0.2) is 11.5 Å². The SMILES string of the molecule is COc1ccc(N2CCN(C(=O)c3cccc(F)c3)[C@H](C)C2=O)cc1OC. The summed E-state index contributed by atoms with van der Waals surface area (Å²) in [5.41, 5.74) is 0.900. The number of rotatable bonds is 4. The molecule has 0 aliphatic carbocycles. The molecule has 7 heteroatoms. The van der Waals surface area contributed by atoms with Crippen LogP contribution in [0.25, 0.3) is 0 Å². The maximum atomic E-state index is 13.4. The average Bonchev–Trinajstić information content (AvgIpc) is 2.69. The normalized spacial score (nSPS) is 17.0. The highest BCUT2D eigenvalue weighted by atomic mass is 19.1. The smallest absolute Gasteiger partial charge is 0.254 e. The molecule has 1 aliphatic rings.